The normalized spacial score (nSPS) is 19.0. The number of likely N-dealkylation sites (tertiary alicyclic amines) is 1. The minimum atomic E-state index is -3.65. The van der Waals surface area contributed by atoms with Crippen LogP contribution in [0.5, 0.6) is 5.75 Å². The molecule has 0 saturated carbocycles. The number of rotatable bonds is 5. The highest BCUT2D eigenvalue weighted by Gasteiger charge is 2.31. The molecular formula is C14H19ClN2O4S. The molecule has 1 aromatic rings. The first-order valence-electron chi connectivity index (χ1n) is 6.79. The fourth-order valence-electron chi connectivity index (χ4n) is 2.53. The van der Waals surface area contributed by atoms with Gasteiger partial charge in [0.05, 0.1) is 17.0 Å². The van der Waals surface area contributed by atoms with Gasteiger partial charge in [0, 0.05) is 33.6 Å². The summed E-state index contributed by atoms with van der Waals surface area (Å²) >= 11 is 5.99. The molecule has 0 spiro atoms. The molecule has 0 aliphatic carbocycles. The molecule has 1 amide bonds. The van der Waals surface area contributed by atoms with Gasteiger partial charge in [0.15, 0.2) is 0 Å². The SMILES string of the molecule is COc1ccc(S(=O)(=O)N(C)CC2CC(=O)N(C)C2)cc1Cl. The lowest BCUT2D eigenvalue weighted by Gasteiger charge is -2.21. The second-order valence-electron chi connectivity index (χ2n) is 5.43. The standard InChI is InChI=1S/C14H19ClN2O4S/c1-16-8-10(6-14(16)18)9-17(2)22(19,20)11-4-5-13(21-3)12(15)7-11/h4-5,7,10H,6,8-9H2,1-3H3. The fraction of sp³-hybridized carbons (Fsp3) is 0.500. The largest absolute Gasteiger partial charge is 0.495 e. The topological polar surface area (TPSA) is 66.9 Å². The van der Waals surface area contributed by atoms with Crippen molar-refractivity contribution in [2.75, 3.05) is 34.3 Å². The van der Waals surface area contributed by atoms with Crippen LogP contribution in [0.25, 0.3) is 0 Å². The second-order valence-corrected chi connectivity index (χ2v) is 7.88. The highest BCUT2D eigenvalue weighted by Crippen LogP contribution is 2.28. The average Bonchev–Trinajstić information content (AvgIpc) is 2.77. The summed E-state index contributed by atoms with van der Waals surface area (Å²) in [5.74, 6) is 0.473. The lowest BCUT2D eigenvalue weighted by Crippen LogP contribution is -2.32. The maximum atomic E-state index is 12.6. The van der Waals surface area contributed by atoms with Gasteiger partial charge in [0.2, 0.25) is 15.9 Å². The molecule has 1 aromatic carbocycles. The van der Waals surface area contributed by atoms with E-state index in [0.717, 1.165) is 0 Å². The van der Waals surface area contributed by atoms with Gasteiger partial charge < -0.3 is 9.64 Å². The highest BCUT2D eigenvalue weighted by molar-refractivity contribution is 7.89. The third kappa shape index (κ3) is 3.37. The summed E-state index contributed by atoms with van der Waals surface area (Å²) in [6, 6.07) is 4.36. The molecule has 1 aliphatic rings. The summed E-state index contributed by atoms with van der Waals surface area (Å²) in [7, 11) is 1.05. The van der Waals surface area contributed by atoms with E-state index in [1.54, 1.807) is 11.9 Å². The van der Waals surface area contributed by atoms with E-state index < -0.39 is 10.0 Å². The molecule has 0 bridgehead atoms. The number of nitrogens with zero attached hydrogens (tertiary/aromatic N) is 2. The van der Waals surface area contributed by atoms with Crippen molar-refractivity contribution in [2.45, 2.75) is 11.3 Å². The van der Waals surface area contributed by atoms with Crippen LogP contribution in [0.3, 0.4) is 0 Å². The maximum Gasteiger partial charge on any atom is 0.242 e. The molecule has 22 heavy (non-hydrogen) atoms. The first-order chi connectivity index (χ1) is 10.3. The Bertz CT molecular complexity index is 677. The summed E-state index contributed by atoms with van der Waals surface area (Å²) in [5.41, 5.74) is 0. The van der Waals surface area contributed by atoms with Gasteiger partial charge in [-0.25, -0.2) is 12.7 Å². The lowest BCUT2D eigenvalue weighted by atomic mass is 10.1. The Balaban J connectivity index is 2.15. The third-order valence-corrected chi connectivity index (χ3v) is 5.88. The van der Waals surface area contributed by atoms with Crippen LogP contribution in [0.4, 0.5) is 0 Å². The zero-order valence-electron chi connectivity index (χ0n) is 12.7. The number of benzene rings is 1. The van der Waals surface area contributed by atoms with Crippen molar-refractivity contribution in [1.29, 1.82) is 0 Å². The van der Waals surface area contributed by atoms with Gasteiger partial charge in [0.25, 0.3) is 0 Å². The van der Waals surface area contributed by atoms with Crippen molar-refractivity contribution in [3.05, 3.63) is 23.2 Å². The van der Waals surface area contributed by atoms with Crippen LogP contribution in [0.2, 0.25) is 5.02 Å². The summed E-state index contributed by atoms with van der Waals surface area (Å²) in [6.07, 6.45) is 0.375. The molecule has 122 valence electrons. The van der Waals surface area contributed by atoms with E-state index in [-0.39, 0.29) is 21.7 Å². The minimum Gasteiger partial charge on any atom is -0.495 e. The van der Waals surface area contributed by atoms with Gasteiger partial charge in [-0.15, -0.1) is 0 Å². The van der Waals surface area contributed by atoms with E-state index in [1.165, 1.54) is 36.7 Å². The molecule has 0 radical (unpaired) electrons. The summed E-state index contributed by atoms with van der Waals surface area (Å²) in [4.78, 5) is 13.3. The van der Waals surface area contributed by atoms with E-state index in [0.29, 0.717) is 25.3 Å². The number of sulfonamides is 1. The van der Waals surface area contributed by atoms with Gasteiger partial charge in [0.1, 0.15) is 5.75 Å². The van der Waals surface area contributed by atoms with Crippen molar-refractivity contribution >= 4 is 27.5 Å². The average molecular weight is 347 g/mol. The van der Waals surface area contributed by atoms with Gasteiger partial charge in [-0.05, 0) is 24.1 Å². The van der Waals surface area contributed by atoms with E-state index in [9.17, 15) is 13.2 Å². The summed E-state index contributed by atoms with van der Waals surface area (Å²) in [6.45, 7) is 0.865. The Morgan fingerprint density at radius 2 is 2.14 bits per heavy atom. The van der Waals surface area contributed by atoms with Crippen molar-refractivity contribution in [3.63, 3.8) is 0 Å². The van der Waals surface area contributed by atoms with Crippen LogP contribution >= 0.6 is 11.6 Å². The molecule has 0 N–H and O–H groups in total. The number of carbonyl (C=O) groups is 1. The number of halogens is 1. The fourth-order valence-corrected chi connectivity index (χ4v) is 4.12. The zero-order valence-corrected chi connectivity index (χ0v) is 14.3. The molecular weight excluding hydrogens is 328 g/mol. The maximum absolute atomic E-state index is 12.6. The van der Waals surface area contributed by atoms with Crippen LogP contribution in [0.15, 0.2) is 23.1 Å². The zero-order chi connectivity index (χ0) is 16.5. The number of amides is 1. The van der Waals surface area contributed by atoms with E-state index in [4.69, 9.17) is 16.3 Å². The number of hydrogen-bond donors (Lipinski definition) is 0. The van der Waals surface area contributed by atoms with Crippen molar-refractivity contribution in [3.8, 4) is 5.75 Å². The number of methoxy groups -OCH3 is 1. The highest BCUT2D eigenvalue weighted by atomic mass is 35.5. The van der Waals surface area contributed by atoms with Crippen molar-refractivity contribution < 1.29 is 17.9 Å². The first-order valence-corrected chi connectivity index (χ1v) is 8.61. The van der Waals surface area contributed by atoms with E-state index in [1.807, 2.05) is 0 Å². The van der Waals surface area contributed by atoms with Gasteiger partial charge in [-0.1, -0.05) is 11.6 Å². The van der Waals surface area contributed by atoms with Crippen molar-refractivity contribution in [2.24, 2.45) is 5.92 Å². The molecule has 1 aliphatic heterocycles. The number of ether oxygens (including phenoxy) is 1. The van der Waals surface area contributed by atoms with Crippen molar-refractivity contribution in [1.82, 2.24) is 9.21 Å². The minimum absolute atomic E-state index is 0.00555. The Morgan fingerprint density at radius 1 is 1.45 bits per heavy atom. The molecule has 2 rings (SSSR count). The lowest BCUT2D eigenvalue weighted by molar-refractivity contribution is -0.126. The predicted molar refractivity (Wildman–Crippen MR) is 83.6 cm³/mol. The summed E-state index contributed by atoms with van der Waals surface area (Å²) < 4.78 is 31.4. The van der Waals surface area contributed by atoms with Crippen LogP contribution in [0.1, 0.15) is 6.42 Å². The Kier molecular flexibility index (Phi) is 4.99. The van der Waals surface area contributed by atoms with E-state index >= 15 is 0 Å². The predicted octanol–water partition coefficient (Wildman–Crippen LogP) is 1.45. The molecule has 6 nitrogen and oxygen atoms in total. The van der Waals surface area contributed by atoms with Crippen LogP contribution in [-0.4, -0.2) is 57.8 Å². The number of hydrogen-bond acceptors (Lipinski definition) is 4. The van der Waals surface area contributed by atoms with Gasteiger partial charge in [-0.2, -0.15) is 0 Å². The molecule has 8 heteroatoms. The second kappa shape index (κ2) is 6.44. The summed E-state index contributed by atoms with van der Waals surface area (Å²) in [5, 5.41) is 0.243. The molecule has 1 heterocycles. The van der Waals surface area contributed by atoms with Gasteiger partial charge >= 0.3 is 0 Å². The molecule has 0 aromatic heterocycles. The smallest absolute Gasteiger partial charge is 0.242 e. The monoisotopic (exact) mass is 346 g/mol. The Morgan fingerprint density at radius 3 is 2.64 bits per heavy atom. The third-order valence-electron chi connectivity index (χ3n) is 3.77. The van der Waals surface area contributed by atoms with E-state index in [2.05, 4.69) is 0 Å². The Hall–Kier alpha value is -1.31. The first kappa shape index (κ1) is 17.1. The molecule has 1 saturated heterocycles. The van der Waals surface area contributed by atoms with Gasteiger partial charge in [-0.3, -0.25) is 4.79 Å². The molecule has 1 unspecified atom stereocenters. The molecule has 1 fully saturated rings. The quantitative estimate of drug-likeness (QED) is 0.809. The Labute approximate surface area is 135 Å². The van der Waals surface area contributed by atoms with Crippen LogP contribution in [0, 0.1) is 5.92 Å². The van der Waals surface area contributed by atoms with Crippen LogP contribution < -0.4 is 4.74 Å². The van der Waals surface area contributed by atoms with Crippen LogP contribution in [-0.2, 0) is 14.8 Å². The number of carbonyl (C=O) groups excluding carboxylic acids is 1. The molecule has 1 atom stereocenters.